The summed E-state index contributed by atoms with van der Waals surface area (Å²) in [6.45, 7) is 12.5. The molecule has 0 saturated heterocycles. The van der Waals surface area contributed by atoms with E-state index in [1.54, 1.807) is 44.2 Å². The Morgan fingerprint density at radius 3 is 2.50 bits per heavy atom. The number of benzene rings is 5. The first kappa shape index (κ1) is 42.3. The second kappa shape index (κ2) is 19.9. The Labute approximate surface area is 344 Å². The van der Waals surface area contributed by atoms with Gasteiger partial charge in [-0.15, -0.1) is 11.3 Å². The van der Waals surface area contributed by atoms with Crippen LogP contribution in [0, 0.1) is 18.6 Å². The second-order valence-corrected chi connectivity index (χ2v) is 15.6. The third-order valence-electron chi connectivity index (χ3n) is 9.29. The van der Waals surface area contributed by atoms with Crippen molar-refractivity contribution in [3.05, 3.63) is 154 Å². The Balaban J connectivity index is 0.000000199. The molecule has 300 valence electrons. The monoisotopic (exact) mass is 822 g/mol. The molecule has 0 saturated carbocycles. The van der Waals surface area contributed by atoms with Crippen molar-refractivity contribution < 1.29 is 37.6 Å². The highest BCUT2D eigenvalue weighted by Gasteiger charge is 2.26. The van der Waals surface area contributed by atoms with Crippen LogP contribution in [-0.4, -0.2) is 43.6 Å². The molecule has 1 aromatic heterocycles. The van der Waals surface area contributed by atoms with Crippen molar-refractivity contribution in [2.24, 2.45) is 0 Å². The van der Waals surface area contributed by atoms with E-state index >= 15 is 0 Å². The lowest BCUT2D eigenvalue weighted by molar-refractivity contribution is -0.143. The van der Waals surface area contributed by atoms with Crippen LogP contribution >= 0.6 is 23.1 Å². The minimum atomic E-state index is -0.884. The van der Waals surface area contributed by atoms with Gasteiger partial charge in [-0.25, -0.2) is 8.78 Å². The molecule has 7 nitrogen and oxygen atoms in total. The van der Waals surface area contributed by atoms with Crippen molar-refractivity contribution in [1.29, 1.82) is 0 Å². The van der Waals surface area contributed by atoms with E-state index < -0.39 is 11.9 Å². The molecule has 2 heterocycles. The summed E-state index contributed by atoms with van der Waals surface area (Å²) in [5.41, 5.74) is 4.23. The Morgan fingerprint density at radius 1 is 0.914 bits per heavy atom. The summed E-state index contributed by atoms with van der Waals surface area (Å²) in [6, 6.07) is 27.7. The van der Waals surface area contributed by atoms with Crippen molar-refractivity contribution in [1.82, 2.24) is 0 Å². The van der Waals surface area contributed by atoms with E-state index in [0.717, 1.165) is 31.2 Å². The molecular formula is C47H44F2O7S2. The van der Waals surface area contributed by atoms with Gasteiger partial charge in [0.2, 0.25) is 0 Å². The van der Waals surface area contributed by atoms with Gasteiger partial charge < -0.3 is 24.1 Å². The quantitative estimate of drug-likeness (QED) is 0.0621. The van der Waals surface area contributed by atoms with Crippen LogP contribution in [-0.2, 0) is 20.9 Å². The van der Waals surface area contributed by atoms with E-state index in [1.807, 2.05) is 60.7 Å². The number of ether oxygens (including phenoxy) is 4. The van der Waals surface area contributed by atoms with Crippen LogP contribution in [0.4, 0.5) is 8.78 Å². The summed E-state index contributed by atoms with van der Waals surface area (Å²) in [7, 11) is 0. The molecule has 1 aliphatic heterocycles. The highest BCUT2D eigenvalue weighted by Crippen LogP contribution is 2.49. The number of carbonyl (C=O) groups is 1. The molecule has 6 aromatic rings. The summed E-state index contributed by atoms with van der Waals surface area (Å²) >= 11 is 2.81. The third kappa shape index (κ3) is 10.0. The highest BCUT2D eigenvalue weighted by atomic mass is 32.2. The number of carbonyl (C=O) groups excluding carboxylic acids is 1. The number of esters is 1. The van der Waals surface area contributed by atoms with E-state index in [-0.39, 0.29) is 35.8 Å². The number of hydrogen-bond donors (Lipinski definition) is 1. The Hall–Kier alpha value is -5.33. The van der Waals surface area contributed by atoms with Gasteiger partial charge in [0.1, 0.15) is 42.5 Å². The first-order chi connectivity index (χ1) is 28.1. The smallest absolute Gasteiger partial charge is 0.305 e. The van der Waals surface area contributed by atoms with Gasteiger partial charge >= 0.3 is 5.97 Å². The van der Waals surface area contributed by atoms with E-state index in [2.05, 4.69) is 13.2 Å². The molecule has 5 aromatic carbocycles. The first-order valence-electron chi connectivity index (χ1n) is 18.9. The molecular weight excluding hydrogens is 779 g/mol. The summed E-state index contributed by atoms with van der Waals surface area (Å²) < 4.78 is 52.7. The first-order valence-corrected chi connectivity index (χ1v) is 20.5. The van der Waals surface area contributed by atoms with Gasteiger partial charge in [0.05, 0.1) is 28.2 Å². The molecule has 11 heteroatoms. The van der Waals surface area contributed by atoms with Gasteiger partial charge in [0.15, 0.2) is 5.43 Å². The lowest BCUT2D eigenvalue weighted by Gasteiger charge is -2.24. The number of aliphatic hydroxyl groups excluding tert-OH is 1. The van der Waals surface area contributed by atoms with Crippen molar-refractivity contribution in [3.8, 4) is 11.5 Å². The fourth-order valence-corrected chi connectivity index (χ4v) is 8.61. The van der Waals surface area contributed by atoms with E-state index in [9.17, 15) is 23.5 Å². The lowest BCUT2D eigenvalue weighted by Crippen LogP contribution is -2.24. The van der Waals surface area contributed by atoms with Crippen molar-refractivity contribution in [2.45, 2.75) is 55.6 Å². The van der Waals surface area contributed by atoms with Crippen LogP contribution in [0.5, 0.6) is 11.5 Å². The predicted molar refractivity (Wildman–Crippen MR) is 229 cm³/mol. The summed E-state index contributed by atoms with van der Waals surface area (Å²) in [4.78, 5) is 25.8. The Kier molecular flexibility index (Phi) is 14.5. The molecule has 0 spiro atoms. The number of aryl methyl sites for hydroxylation is 1. The number of rotatable bonds is 15. The van der Waals surface area contributed by atoms with Crippen molar-refractivity contribution in [2.75, 3.05) is 26.4 Å². The maximum absolute atomic E-state index is 14.8. The zero-order valence-electron chi connectivity index (χ0n) is 32.4. The van der Waals surface area contributed by atoms with E-state index in [4.69, 9.17) is 18.9 Å². The summed E-state index contributed by atoms with van der Waals surface area (Å²) in [6.07, 6.45) is 2.67. The van der Waals surface area contributed by atoms with Gasteiger partial charge in [-0.05, 0) is 90.1 Å². The SMILES string of the molecule is C=Cc1cccc(COc2ccc(F)c3c2Sc2ccccc2C3=C)c1.CCC(=O)OCCCCOCC(O)COc1cc(C)c(F)c2c(=O)c3ccccc3sc12. The van der Waals surface area contributed by atoms with Gasteiger partial charge in [0, 0.05) is 33.6 Å². The average Bonchev–Trinajstić information content (AvgIpc) is 3.24. The summed E-state index contributed by atoms with van der Waals surface area (Å²) in [5.74, 6) is -0.00415. The fourth-order valence-electron chi connectivity index (χ4n) is 6.25. The van der Waals surface area contributed by atoms with Crippen LogP contribution in [0.1, 0.15) is 54.0 Å². The molecule has 1 aliphatic rings. The molecule has 7 rings (SSSR count). The number of halogens is 2. The summed E-state index contributed by atoms with van der Waals surface area (Å²) in [5, 5.41) is 10.7. The minimum absolute atomic E-state index is 0.0122. The Morgan fingerprint density at radius 2 is 1.69 bits per heavy atom. The molecule has 0 aliphatic carbocycles. The maximum Gasteiger partial charge on any atom is 0.305 e. The maximum atomic E-state index is 14.8. The number of fused-ring (bicyclic) bond motifs is 4. The fraction of sp³-hybridized carbons (Fsp3) is 0.234. The van der Waals surface area contributed by atoms with Crippen LogP contribution in [0.2, 0.25) is 0 Å². The van der Waals surface area contributed by atoms with Crippen LogP contribution < -0.4 is 14.9 Å². The van der Waals surface area contributed by atoms with Crippen LogP contribution in [0.25, 0.3) is 31.8 Å². The van der Waals surface area contributed by atoms with Gasteiger partial charge in [-0.2, -0.15) is 0 Å². The van der Waals surface area contributed by atoms with Crippen LogP contribution in [0.3, 0.4) is 0 Å². The second-order valence-electron chi connectivity index (χ2n) is 13.5. The van der Waals surface area contributed by atoms with E-state index in [0.29, 0.717) is 77.4 Å². The van der Waals surface area contributed by atoms with Crippen molar-refractivity contribution >= 4 is 60.9 Å². The number of aliphatic hydroxyl groups is 1. The average molecular weight is 823 g/mol. The topological polar surface area (TPSA) is 91.3 Å². The zero-order chi connectivity index (χ0) is 41.2. The van der Waals surface area contributed by atoms with Gasteiger partial charge in [-0.1, -0.05) is 86.5 Å². The molecule has 1 unspecified atom stereocenters. The third-order valence-corrected chi connectivity index (χ3v) is 11.7. The predicted octanol–water partition coefficient (Wildman–Crippen LogP) is 10.9. The van der Waals surface area contributed by atoms with E-state index in [1.165, 1.54) is 29.2 Å². The highest BCUT2D eigenvalue weighted by molar-refractivity contribution is 7.99. The standard InChI is InChI=1S/C24H27FO6S.C23H17FOS/c1-3-20(27)30-11-7-6-10-29-13-16(26)14-31-18-12-15(2)22(25)21-23(28)17-8-4-5-9-19(17)32-24(18)21;1-3-16-7-6-8-17(13-16)14-25-20-12-11-19(24)22-15(2)18-9-4-5-10-21(18)26-23(20)22/h4-5,8-9,12,16,26H,3,6-7,10-11,13-14H2,1-2H3;3-13H,1-2,14H2. The largest absolute Gasteiger partial charge is 0.489 e. The van der Waals surface area contributed by atoms with Crippen molar-refractivity contribution in [3.63, 3.8) is 0 Å². The molecule has 1 atom stereocenters. The molecule has 0 fully saturated rings. The Bertz CT molecular complexity index is 2510. The normalized spacial score (nSPS) is 12.3. The minimum Gasteiger partial charge on any atom is -0.489 e. The molecule has 0 amide bonds. The van der Waals surface area contributed by atoms with Gasteiger partial charge in [-0.3, -0.25) is 9.59 Å². The number of unbranched alkanes of at least 4 members (excludes halogenated alkanes) is 1. The zero-order valence-corrected chi connectivity index (χ0v) is 34.0. The molecule has 0 radical (unpaired) electrons. The molecule has 1 N–H and O–H groups in total. The number of hydrogen-bond acceptors (Lipinski definition) is 9. The van der Waals surface area contributed by atoms with Gasteiger partial charge in [0.25, 0.3) is 0 Å². The lowest BCUT2D eigenvalue weighted by atomic mass is 9.98. The molecule has 0 bridgehead atoms. The van der Waals surface area contributed by atoms with Crippen LogP contribution in [0.15, 0.2) is 119 Å². The molecule has 58 heavy (non-hydrogen) atoms.